The first kappa shape index (κ1) is 15.3. The minimum atomic E-state index is 0.617. The summed E-state index contributed by atoms with van der Waals surface area (Å²) in [5.41, 5.74) is 1.15. The van der Waals surface area contributed by atoms with E-state index in [1.54, 1.807) is 0 Å². The number of rotatable bonds is 6. The Hall–Kier alpha value is -1.09. The Labute approximate surface area is 123 Å². The lowest BCUT2D eigenvalue weighted by Crippen LogP contribution is -2.35. The number of hydrogen-bond donors (Lipinski definition) is 1. The molecule has 0 spiro atoms. The molecule has 0 radical (unpaired) electrons. The third-order valence-electron chi connectivity index (χ3n) is 4.17. The standard InChI is InChI=1S/C17H29N3/c1-5-16-10-9-14(4)20(16)17-8-6-7-15(19-17)12-18-11-13(2)3/h6-8,13-14,16,18H,5,9-12H2,1-4H3. The smallest absolute Gasteiger partial charge is 0.129 e. The van der Waals surface area contributed by atoms with Gasteiger partial charge in [0.15, 0.2) is 0 Å². The molecule has 112 valence electrons. The summed E-state index contributed by atoms with van der Waals surface area (Å²) in [4.78, 5) is 7.38. The lowest BCUT2D eigenvalue weighted by Gasteiger charge is -2.29. The molecule has 3 heteroatoms. The normalized spacial score (nSPS) is 22.8. The van der Waals surface area contributed by atoms with Crippen LogP contribution in [0.2, 0.25) is 0 Å². The molecule has 0 aliphatic carbocycles. The van der Waals surface area contributed by atoms with E-state index < -0.39 is 0 Å². The SMILES string of the molecule is CCC1CCC(C)N1c1cccc(CNCC(C)C)n1. The third kappa shape index (κ3) is 3.72. The van der Waals surface area contributed by atoms with Gasteiger partial charge in [-0.25, -0.2) is 4.98 Å². The van der Waals surface area contributed by atoms with E-state index in [0.29, 0.717) is 18.0 Å². The van der Waals surface area contributed by atoms with E-state index in [2.05, 4.69) is 56.1 Å². The maximum Gasteiger partial charge on any atom is 0.129 e. The van der Waals surface area contributed by atoms with Gasteiger partial charge in [0.25, 0.3) is 0 Å². The first-order chi connectivity index (χ1) is 9.61. The van der Waals surface area contributed by atoms with Gasteiger partial charge in [0, 0.05) is 18.6 Å². The van der Waals surface area contributed by atoms with Gasteiger partial charge in [-0.1, -0.05) is 26.8 Å². The van der Waals surface area contributed by atoms with Crippen LogP contribution in [0, 0.1) is 5.92 Å². The molecular weight excluding hydrogens is 246 g/mol. The maximum absolute atomic E-state index is 4.86. The summed E-state index contributed by atoms with van der Waals surface area (Å²) in [7, 11) is 0. The molecule has 2 heterocycles. The Bertz CT molecular complexity index is 416. The van der Waals surface area contributed by atoms with Crippen molar-refractivity contribution in [3.05, 3.63) is 23.9 Å². The highest BCUT2D eigenvalue weighted by molar-refractivity contribution is 5.43. The summed E-state index contributed by atoms with van der Waals surface area (Å²) in [5, 5.41) is 3.47. The fraction of sp³-hybridized carbons (Fsp3) is 0.706. The first-order valence-electron chi connectivity index (χ1n) is 8.06. The van der Waals surface area contributed by atoms with Crippen molar-refractivity contribution in [2.75, 3.05) is 11.4 Å². The van der Waals surface area contributed by atoms with Gasteiger partial charge in [-0.3, -0.25) is 0 Å². The Morgan fingerprint density at radius 3 is 2.85 bits per heavy atom. The number of anilines is 1. The zero-order valence-corrected chi connectivity index (χ0v) is 13.4. The summed E-state index contributed by atoms with van der Waals surface area (Å²) in [6.07, 6.45) is 3.80. The van der Waals surface area contributed by atoms with Crippen molar-refractivity contribution >= 4 is 5.82 Å². The van der Waals surface area contributed by atoms with Gasteiger partial charge in [-0.2, -0.15) is 0 Å². The molecule has 0 saturated carbocycles. The monoisotopic (exact) mass is 275 g/mol. The molecule has 1 aromatic rings. The molecule has 3 nitrogen and oxygen atoms in total. The topological polar surface area (TPSA) is 28.2 Å². The van der Waals surface area contributed by atoms with Gasteiger partial charge >= 0.3 is 0 Å². The number of nitrogens with zero attached hydrogens (tertiary/aromatic N) is 2. The molecule has 0 aromatic carbocycles. The van der Waals surface area contributed by atoms with Gasteiger partial charge in [0.05, 0.1) is 5.69 Å². The predicted octanol–water partition coefficient (Wildman–Crippen LogP) is 3.59. The Kier molecular flexibility index (Phi) is 5.41. The van der Waals surface area contributed by atoms with Crippen molar-refractivity contribution in [1.82, 2.24) is 10.3 Å². The minimum absolute atomic E-state index is 0.617. The number of pyridine rings is 1. The molecule has 1 aliphatic rings. The number of hydrogen-bond acceptors (Lipinski definition) is 3. The van der Waals surface area contributed by atoms with E-state index in [9.17, 15) is 0 Å². The lowest BCUT2D eigenvalue weighted by atomic mass is 10.1. The quantitative estimate of drug-likeness (QED) is 0.860. The zero-order chi connectivity index (χ0) is 14.5. The minimum Gasteiger partial charge on any atom is -0.351 e. The highest BCUT2D eigenvalue weighted by atomic mass is 15.3. The average Bonchev–Trinajstić information content (AvgIpc) is 2.80. The van der Waals surface area contributed by atoms with E-state index >= 15 is 0 Å². The second kappa shape index (κ2) is 7.07. The fourth-order valence-corrected chi connectivity index (χ4v) is 3.08. The second-order valence-corrected chi connectivity index (χ2v) is 6.41. The van der Waals surface area contributed by atoms with Crippen LogP contribution >= 0.6 is 0 Å². The van der Waals surface area contributed by atoms with Crippen LogP contribution in [-0.4, -0.2) is 23.6 Å². The van der Waals surface area contributed by atoms with Crippen LogP contribution in [0.25, 0.3) is 0 Å². The summed E-state index contributed by atoms with van der Waals surface area (Å²) >= 11 is 0. The maximum atomic E-state index is 4.86. The molecule has 2 rings (SSSR count). The zero-order valence-electron chi connectivity index (χ0n) is 13.4. The molecule has 0 bridgehead atoms. The Balaban J connectivity index is 2.05. The van der Waals surface area contributed by atoms with E-state index in [1.165, 1.54) is 19.3 Å². The fourth-order valence-electron chi connectivity index (χ4n) is 3.08. The van der Waals surface area contributed by atoms with Crippen molar-refractivity contribution in [2.24, 2.45) is 5.92 Å². The number of nitrogens with one attached hydrogen (secondary N) is 1. The molecule has 2 unspecified atom stereocenters. The summed E-state index contributed by atoms with van der Waals surface area (Å²) in [5.74, 6) is 1.84. The molecular formula is C17H29N3. The highest BCUT2D eigenvalue weighted by Crippen LogP contribution is 2.30. The summed E-state index contributed by atoms with van der Waals surface area (Å²) < 4.78 is 0. The van der Waals surface area contributed by atoms with Crippen LogP contribution in [-0.2, 0) is 6.54 Å². The van der Waals surface area contributed by atoms with Crippen molar-refractivity contribution in [2.45, 2.75) is 65.6 Å². The molecule has 1 aromatic heterocycles. The van der Waals surface area contributed by atoms with Gasteiger partial charge in [0.1, 0.15) is 5.82 Å². The van der Waals surface area contributed by atoms with Crippen LogP contribution in [0.5, 0.6) is 0 Å². The molecule has 1 N–H and O–H groups in total. The van der Waals surface area contributed by atoms with Crippen LogP contribution in [0.3, 0.4) is 0 Å². The average molecular weight is 275 g/mol. The van der Waals surface area contributed by atoms with Crippen LogP contribution < -0.4 is 10.2 Å². The predicted molar refractivity (Wildman–Crippen MR) is 86.0 cm³/mol. The molecule has 2 atom stereocenters. The molecule has 0 amide bonds. The highest BCUT2D eigenvalue weighted by Gasteiger charge is 2.30. The first-order valence-corrected chi connectivity index (χ1v) is 8.06. The van der Waals surface area contributed by atoms with E-state index in [4.69, 9.17) is 4.98 Å². The van der Waals surface area contributed by atoms with Gasteiger partial charge < -0.3 is 10.2 Å². The molecule has 20 heavy (non-hydrogen) atoms. The second-order valence-electron chi connectivity index (χ2n) is 6.41. The molecule has 1 aliphatic heterocycles. The van der Waals surface area contributed by atoms with Crippen LogP contribution in [0.4, 0.5) is 5.82 Å². The van der Waals surface area contributed by atoms with E-state index in [0.717, 1.165) is 24.6 Å². The lowest BCUT2D eigenvalue weighted by molar-refractivity contribution is 0.547. The third-order valence-corrected chi connectivity index (χ3v) is 4.17. The van der Waals surface area contributed by atoms with Crippen molar-refractivity contribution in [3.63, 3.8) is 0 Å². The number of aromatic nitrogens is 1. The van der Waals surface area contributed by atoms with Gasteiger partial charge in [0.2, 0.25) is 0 Å². The molecule has 1 saturated heterocycles. The van der Waals surface area contributed by atoms with E-state index in [-0.39, 0.29) is 0 Å². The molecule has 1 fully saturated rings. The van der Waals surface area contributed by atoms with Gasteiger partial charge in [-0.05, 0) is 50.8 Å². The van der Waals surface area contributed by atoms with Crippen molar-refractivity contribution in [1.29, 1.82) is 0 Å². The summed E-state index contributed by atoms with van der Waals surface area (Å²) in [6.45, 7) is 11.0. The van der Waals surface area contributed by atoms with Crippen molar-refractivity contribution in [3.8, 4) is 0 Å². The van der Waals surface area contributed by atoms with E-state index in [1.807, 2.05) is 0 Å². The summed E-state index contributed by atoms with van der Waals surface area (Å²) in [6, 6.07) is 7.71. The van der Waals surface area contributed by atoms with Crippen LogP contribution in [0.1, 0.15) is 52.7 Å². The van der Waals surface area contributed by atoms with Crippen molar-refractivity contribution < 1.29 is 0 Å². The van der Waals surface area contributed by atoms with Gasteiger partial charge in [-0.15, -0.1) is 0 Å². The largest absolute Gasteiger partial charge is 0.351 e. The Morgan fingerprint density at radius 2 is 2.15 bits per heavy atom. The Morgan fingerprint density at radius 1 is 1.35 bits per heavy atom. The van der Waals surface area contributed by atoms with Crippen LogP contribution in [0.15, 0.2) is 18.2 Å².